The maximum Gasteiger partial charge on any atom is 0.124 e. The molecule has 0 heterocycles. The van der Waals surface area contributed by atoms with E-state index in [0.717, 1.165) is 0 Å². The fourth-order valence-corrected chi connectivity index (χ4v) is 1.31. The van der Waals surface area contributed by atoms with Gasteiger partial charge in [-0.2, -0.15) is 0 Å². The lowest BCUT2D eigenvalue weighted by Gasteiger charge is -2.16. The van der Waals surface area contributed by atoms with Crippen LogP contribution in [0.15, 0.2) is 18.2 Å². The van der Waals surface area contributed by atoms with Gasteiger partial charge in [0.1, 0.15) is 17.7 Å². The lowest BCUT2D eigenvalue weighted by Crippen LogP contribution is -2.19. The minimum absolute atomic E-state index is 0.0780. The van der Waals surface area contributed by atoms with E-state index < -0.39 is 0 Å². The average Bonchev–Trinajstić information content (AvgIpc) is 2.21. The fraction of sp³-hybridized carbons (Fsp3) is 0.455. The number of rotatable bonds is 5. The van der Waals surface area contributed by atoms with E-state index >= 15 is 0 Å². The quantitative estimate of drug-likeness (QED) is 0.809. The molecule has 3 nitrogen and oxygen atoms in total. The van der Waals surface area contributed by atoms with Crippen molar-refractivity contribution in [1.29, 1.82) is 0 Å². The standard InChI is InChI=1S/C11H16FNO2/c1-8(7-14-2)15-11-4-3-10(12)5-9(11)6-13/h3-5,8H,6-7,13H2,1-2H3. The van der Waals surface area contributed by atoms with Crippen molar-refractivity contribution in [3.05, 3.63) is 29.6 Å². The molecular formula is C11H16FNO2. The van der Waals surface area contributed by atoms with Crippen LogP contribution in [0.5, 0.6) is 5.75 Å². The normalized spacial score (nSPS) is 12.5. The van der Waals surface area contributed by atoms with Crippen LogP contribution in [0, 0.1) is 5.82 Å². The van der Waals surface area contributed by atoms with Crippen molar-refractivity contribution in [3.8, 4) is 5.75 Å². The van der Waals surface area contributed by atoms with Gasteiger partial charge in [-0.25, -0.2) is 4.39 Å². The predicted molar refractivity (Wildman–Crippen MR) is 56.3 cm³/mol. The molecule has 0 aromatic heterocycles. The Morgan fingerprint density at radius 3 is 2.80 bits per heavy atom. The van der Waals surface area contributed by atoms with E-state index in [2.05, 4.69) is 0 Å². The van der Waals surface area contributed by atoms with E-state index in [0.29, 0.717) is 17.9 Å². The third-order valence-electron chi connectivity index (χ3n) is 1.97. The maximum absolute atomic E-state index is 12.9. The van der Waals surface area contributed by atoms with Crippen LogP contribution >= 0.6 is 0 Å². The number of benzene rings is 1. The molecule has 1 atom stereocenters. The van der Waals surface area contributed by atoms with Gasteiger partial charge in [-0.05, 0) is 25.1 Å². The molecule has 15 heavy (non-hydrogen) atoms. The third kappa shape index (κ3) is 3.49. The van der Waals surface area contributed by atoms with Crippen LogP contribution in [0.25, 0.3) is 0 Å². The van der Waals surface area contributed by atoms with Gasteiger partial charge in [-0.3, -0.25) is 0 Å². The number of ether oxygens (including phenoxy) is 2. The smallest absolute Gasteiger partial charge is 0.124 e. The van der Waals surface area contributed by atoms with Crippen molar-refractivity contribution in [2.45, 2.75) is 19.6 Å². The summed E-state index contributed by atoms with van der Waals surface area (Å²) < 4.78 is 23.4. The van der Waals surface area contributed by atoms with E-state index in [9.17, 15) is 4.39 Å². The number of nitrogens with two attached hydrogens (primary N) is 1. The van der Waals surface area contributed by atoms with E-state index in [1.807, 2.05) is 6.92 Å². The average molecular weight is 213 g/mol. The molecule has 0 bridgehead atoms. The van der Waals surface area contributed by atoms with Crippen LogP contribution in [0.1, 0.15) is 12.5 Å². The second kappa shape index (κ2) is 5.68. The first-order chi connectivity index (χ1) is 7.17. The molecule has 84 valence electrons. The van der Waals surface area contributed by atoms with Crippen molar-refractivity contribution in [3.63, 3.8) is 0 Å². The molecule has 2 N–H and O–H groups in total. The first-order valence-corrected chi connectivity index (χ1v) is 4.81. The number of halogens is 1. The van der Waals surface area contributed by atoms with Crippen LogP contribution < -0.4 is 10.5 Å². The van der Waals surface area contributed by atoms with E-state index in [1.54, 1.807) is 13.2 Å². The zero-order valence-electron chi connectivity index (χ0n) is 9.00. The Kier molecular flexibility index (Phi) is 4.52. The van der Waals surface area contributed by atoms with Gasteiger partial charge in [-0.1, -0.05) is 0 Å². The Balaban J connectivity index is 2.75. The summed E-state index contributed by atoms with van der Waals surface area (Å²) in [6.07, 6.45) is -0.0780. The summed E-state index contributed by atoms with van der Waals surface area (Å²) in [4.78, 5) is 0. The SMILES string of the molecule is COCC(C)Oc1ccc(F)cc1CN. The highest BCUT2D eigenvalue weighted by Gasteiger charge is 2.08. The monoisotopic (exact) mass is 213 g/mol. The molecule has 4 heteroatoms. The molecule has 0 spiro atoms. The van der Waals surface area contributed by atoms with E-state index in [1.165, 1.54) is 12.1 Å². The van der Waals surface area contributed by atoms with Crippen LogP contribution in [0.4, 0.5) is 4.39 Å². The first-order valence-electron chi connectivity index (χ1n) is 4.81. The van der Waals surface area contributed by atoms with Crippen LogP contribution in [0.3, 0.4) is 0 Å². The summed E-state index contributed by atoms with van der Waals surface area (Å²) in [6, 6.07) is 4.33. The van der Waals surface area contributed by atoms with Crippen molar-refractivity contribution in [2.24, 2.45) is 5.73 Å². The summed E-state index contributed by atoms with van der Waals surface area (Å²) in [6.45, 7) is 2.63. The highest BCUT2D eigenvalue weighted by molar-refractivity contribution is 5.33. The van der Waals surface area contributed by atoms with Gasteiger partial charge in [0.25, 0.3) is 0 Å². The van der Waals surface area contributed by atoms with Gasteiger partial charge in [-0.15, -0.1) is 0 Å². The summed E-state index contributed by atoms with van der Waals surface area (Å²) >= 11 is 0. The topological polar surface area (TPSA) is 44.5 Å². The Morgan fingerprint density at radius 1 is 1.47 bits per heavy atom. The van der Waals surface area contributed by atoms with Gasteiger partial charge in [0.15, 0.2) is 0 Å². The van der Waals surface area contributed by atoms with Crippen molar-refractivity contribution < 1.29 is 13.9 Å². The molecule has 0 radical (unpaired) electrons. The van der Waals surface area contributed by atoms with Gasteiger partial charge in [0.05, 0.1) is 6.61 Å². The molecule has 0 aliphatic rings. The summed E-state index contributed by atoms with van der Waals surface area (Å²) in [5.74, 6) is 0.311. The summed E-state index contributed by atoms with van der Waals surface area (Å²) in [5, 5.41) is 0. The number of hydrogen-bond donors (Lipinski definition) is 1. The lowest BCUT2D eigenvalue weighted by molar-refractivity contribution is 0.0913. The van der Waals surface area contributed by atoms with Crippen molar-refractivity contribution >= 4 is 0 Å². The molecule has 0 amide bonds. The number of methoxy groups -OCH3 is 1. The molecule has 1 rings (SSSR count). The highest BCUT2D eigenvalue weighted by atomic mass is 19.1. The second-order valence-electron chi connectivity index (χ2n) is 3.34. The minimum atomic E-state index is -0.304. The van der Waals surface area contributed by atoms with Gasteiger partial charge >= 0.3 is 0 Å². The van der Waals surface area contributed by atoms with Gasteiger partial charge < -0.3 is 15.2 Å². The zero-order valence-corrected chi connectivity index (χ0v) is 9.00. The van der Waals surface area contributed by atoms with Gasteiger partial charge in [0.2, 0.25) is 0 Å². The van der Waals surface area contributed by atoms with Crippen molar-refractivity contribution in [2.75, 3.05) is 13.7 Å². The predicted octanol–water partition coefficient (Wildman–Crippen LogP) is 1.70. The van der Waals surface area contributed by atoms with E-state index in [-0.39, 0.29) is 18.5 Å². The summed E-state index contributed by atoms with van der Waals surface area (Å²) in [5.41, 5.74) is 6.16. The second-order valence-corrected chi connectivity index (χ2v) is 3.34. The highest BCUT2D eigenvalue weighted by Crippen LogP contribution is 2.20. The van der Waals surface area contributed by atoms with Crippen molar-refractivity contribution in [1.82, 2.24) is 0 Å². The van der Waals surface area contributed by atoms with Crippen LogP contribution in [0.2, 0.25) is 0 Å². The third-order valence-corrected chi connectivity index (χ3v) is 1.97. The minimum Gasteiger partial charge on any atom is -0.488 e. The Labute approximate surface area is 89.0 Å². The maximum atomic E-state index is 12.9. The van der Waals surface area contributed by atoms with E-state index in [4.69, 9.17) is 15.2 Å². The lowest BCUT2D eigenvalue weighted by atomic mass is 10.2. The summed E-state index contributed by atoms with van der Waals surface area (Å²) in [7, 11) is 1.61. The van der Waals surface area contributed by atoms with Gasteiger partial charge in [0, 0.05) is 19.2 Å². The molecule has 0 saturated heterocycles. The Bertz CT molecular complexity index is 317. The number of hydrogen-bond acceptors (Lipinski definition) is 3. The molecule has 1 aromatic rings. The van der Waals surface area contributed by atoms with Crippen LogP contribution in [-0.4, -0.2) is 19.8 Å². The first kappa shape index (κ1) is 11.9. The largest absolute Gasteiger partial charge is 0.488 e. The fourth-order valence-electron chi connectivity index (χ4n) is 1.31. The molecule has 1 aromatic carbocycles. The molecular weight excluding hydrogens is 197 g/mol. The molecule has 0 fully saturated rings. The molecule has 1 unspecified atom stereocenters. The Hall–Kier alpha value is -1.13. The van der Waals surface area contributed by atoms with Crippen LogP contribution in [-0.2, 0) is 11.3 Å². The Morgan fingerprint density at radius 2 is 2.20 bits per heavy atom. The molecule has 0 aliphatic carbocycles. The molecule has 0 aliphatic heterocycles. The molecule has 0 saturated carbocycles. The zero-order chi connectivity index (χ0) is 11.3.